The highest BCUT2D eigenvalue weighted by Crippen LogP contribution is 2.35. The number of amides is 1. The van der Waals surface area contributed by atoms with E-state index in [2.05, 4.69) is 25.8 Å². The molecule has 1 saturated heterocycles. The van der Waals surface area contributed by atoms with Crippen molar-refractivity contribution in [3.8, 4) is 0 Å². The Labute approximate surface area is 150 Å². The number of carbonyl (C=O) groups is 1. The number of furan rings is 1. The first-order chi connectivity index (χ1) is 12.3. The lowest BCUT2D eigenvalue weighted by atomic mass is 10.1. The van der Waals surface area contributed by atoms with Crippen molar-refractivity contribution in [1.82, 2.24) is 14.4 Å². The van der Waals surface area contributed by atoms with Gasteiger partial charge in [-0.15, -0.1) is 11.3 Å². The quantitative estimate of drug-likeness (QED) is 0.723. The first-order valence-corrected chi connectivity index (χ1v) is 9.42. The molecule has 5 rings (SSSR count). The summed E-state index contributed by atoms with van der Waals surface area (Å²) in [5.41, 5.74) is 0.803. The van der Waals surface area contributed by atoms with Crippen molar-refractivity contribution in [3.63, 3.8) is 0 Å². The van der Waals surface area contributed by atoms with E-state index in [-0.39, 0.29) is 11.9 Å². The van der Waals surface area contributed by atoms with Gasteiger partial charge in [-0.3, -0.25) is 9.69 Å². The summed E-state index contributed by atoms with van der Waals surface area (Å²) in [6.07, 6.45) is 3.76. The summed E-state index contributed by atoms with van der Waals surface area (Å²) >= 11 is 1.71. The number of thiophene rings is 1. The maximum absolute atomic E-state index is 13.0. The molecule has 3 aromatic heterocycles. The minimum Gasteiger partial charge on any atom is -0.468 e. The fourth-order valence-corrected chi connectivity index (χ4v) is 4.80. The van der Waals surface area contributed by atoms with E-state index >= 15 is 0 Å². The van der Waals surface area contributed by atoms with Crippen LogP contribution >= 0.6 is 11.3 Å². The lowest BCUT2D eigenvalue weighted by molar-refractivity contribution is 0.0559. The second-order valence-electron chi connectivity index (χ2n) is 6.72. The maximum atomic E-state index is 13.0. The molecule has 5 heterocycles. The van der Waals surface area contributed by atoms with Crippen molar-refractivity contribution in [3.05, 3.63) is 70.6 Å². The van der Waals surface area contributed by atoms with E-state index in [1.165, 1.54) is 4.88 Å². The molecule has 2 aliphatic heterocycles. The molecule has 2 aliphatic rings. The van der Waals surface area contributed by atoms with E-state index in [0.717, 1.165) is 31.1 Å². The highest BCUT2D eigenvalue weighted by Gasteiger charge is 2.45. The minimum absolute atomic E-state index is 0.138. The summed E-state index contributed by atoms with van der Waals surface area (Å²) < 4.78 is 7.68. The Bertz CT molecular complexity index is 869. The normalized spacial score (nSPS) is 23.0. The number of likely N-dealkylation sites (tertiary alicyclic amines) is 1. The van der Waals surface area contributed by atoms with Gasteiger partial charge in [-0.25, -0.2) is 0 Å². The maximum Gasteiger partial charge on any atom is 0.271 e. The van der Waals surface area contributed by atoms with Gasteiger partial charge in [0.15, 0.2) is 0 Å². The van der Waals surface area contributed by atoms with E-state index in [9.17, 15) is 4.79 Å². The summed E-state index contributed by atoms with van der Waals surface area (Å²) in [4.78, 5) is 18.7. The molecule has 0 aromatic carbocycles. The third-order valence-corrected chi connectivity index (χ3v) is 6.08. The van der Waals surface area contributed by atoms with E-state index < -0.39 is 0 Å². The summed E-state index contributed by atoms with van der Waals surface area (Å²) in [6.45, 7) is 3.29. The molecule has 0 unspecified atom stereocenters. The second-order valence-corrected chi connectivity index (χ2v) is 7.75. The van der Waals surface area contributed by atoms with Crippen molar-refractivity contribution < 1.29 is 9.21 Å². The van der Waals surface area contributed by atoms with Crippen LogP contribution < -0.4 is 0 Å². The van der Waals surface area contributed by atoms with Crippen molar-refractivity contribution in [2.75, 3.05) is 13.1 Å². The van der Waals surface area contributed by atoms with Crippen LogP contribution in [0.5, 0.6) is 0 Å². The Balaban J connectivity index is 1.45. The molecule has 0 aliphatic carbocycles. The summed E-state index contributed by atoms with van der Waals surface area (Å²) in [5.74, 6) is 1.11. The van der Waals surface area contributed by atoms with E-state index in [1.54, 1.807) is 17.6 Å². The third-order valence-electron chi connectivity index (χ3n) is 5.22. The van der Waals surface area contributed by atoms with Gasteiger partial charge in [0, 0.05) is 24.2 Å². The van der Waals surface area contributed by atoms with Gasteiger partial charge in [0.25, 0.3) is 5.91 Å². The molecule has 2 atom stereocenters. The number of hydrogen-bond donors (Lipinski definition) is 0. The van der Waals surface area contributed by atoms with E-state index in [1.807, 2.05) is 36.5 Å². The van der Waals surface area contributed by atoms with Crippen LogP contribution in [-0.4, -0.2) is 39.4 Å². The molecule has 0 spiro atoms. The van der Waals surface area contributed by atoms with Crippen molar-refractivity contribution in [1.29, 1.82) is 0 Å². The van der Waals surface area contributed by atoms with Crippen LogP contribution in [0.1, 0.15) is 27.2 Å². The second kappa shape index (κ2) is 5.89. The van der Waals surface area contributed by atoms with Crippen molar-refractivity contribution >= 4 is 17.2 Å². The van der Waals surface area contributed by atoms with Gasteiger partial charge in [0.05, 0.1) is 31.4 Å². The molecular weight excluding hydrogens is 334 g/mol. The number of nitrogens with zero attached hydrogens (tertiary/aromatic N) is 3. The zero-order valence-corrected chi connectivity index (χ0v) is 14.6. The predicted molar refractivity (Wildman–Crippen MR) is 95.4 cm³/mol. The van der Waals surface area contributed by atoms with Crippen LogP contribution in [0.3, 0.4) is 0 Å². The SMILES string of the molecule is O=C1c2cccn2[C@@H]2CN(Cc3ccco3)C[C@H]2N1Cc1cccs1. The zero-order chi connectivity index (χ0) is 16.8. The number of carbonyl (C=O) groups excluding carboxylic acids is 1. The number of hydrogen-bond acceptors (Lipinski definition) is 4. The Morgan fingerprint density at radius 1 is 1.08 bits per heavy atom. The monoisotopic (exact) mass is 353 g/mol. The number of fused-ring (bicyclic) bond motifs is 3. The lowest BCUT2D eigenvalue weighted by Crippen LogP contribution is -2.49. The van der Waals surface area contributed by atoms with Gasteiger partial charge in [0.1, 0.15) is 11.5 Å². The van der Waals surface area contributed by atoms with Gasteiger partial charge < -0.3 is 13.9 Å². The fraction of sp³-hybridized carbons (Fsp3) is 0.316. The van der Waals surface area contributed by atoms with E-state index in [4.69, 9.17) is 4.42 Å². The molecule has 25 heavy (non-hydrogen) atoms. The molecule has 0 radical (unpaired) electrons. The topological polar surface area (TPSA) is 41.6 Å². The van der Waals surface area contributed by atoms with Crippen LogP contribution in [0, 0.1) is 0 Å². The molecule has 3 aromatic rings. The standard InChI is InChI=1S/C19H19N3O2S/c23-19-16-6-1-7-21(16)17-12-20(10-14-4-2-8-24-14)13-18(17)22(19)11-15-5-3-9-25-15/h1-9,17-18H,10-13H2/t17-,18-/m1/s1. The molecule has 128 valence electrons. The molecule has 0 saturated carbocycles. The Kier molecular flexibility index (Phi) is 3.53. The van der Waals surface area contributed by atoms with Gasteiger partial charge in [0.2, 0.25) is 0 Å². The zero-order valence-electron chi connectivity index (χ0n) is 13.7. The predicted octanol–water partition coefficient (Wildman–Crippen LogP) is 3.22. The lowest BCUT2D eigenvalue weighted by Gasteiger charge is -2.38. The highest BCUT2D eigenvalue weighted by atomic mass is 32.1. The van der Waals surface area contributed by atoms with Crippen LogP contribution in [0.15, 0.2) is 58.7 Å². The Hall–Kier alpha value is -2.31. The minimum atomic E-state index is 0.138. The average molecular weight is 353 g/mol. The summed E-state index contributed by atoms with van der Waals surface area (Å²) in [6, 6.07) is 12.5. The van der Waals surface area contributed by atoms with Gasteiger partial charge >= 0.3 is 0 Å². The Morgan fingerprint density at radius 2 is 2.00 bits per heavy atom. The molecule has 6 heteroatoms. The number of rotatable bonds is 4. The molecule has 1 fully saturated rings. The molecule has 0 N–H and O–H groups in total. The summed E-state index contributed by atoms with van der Waals surface area (Å²) in [7, 11) is 0. The van der Waals surface area contributed by atoms with Crippen LogP contribution in [0.4, 0.5) is 0 Å². The fourth-order valence-electron chi connectivity index (χ4n) is 4.10. The Morgan fingerprint density at radius 3 is 2.80 bits per heavy atom. The van der Waals surface area contributed by atoms with Crippen molar-refractivity contribution in [2.24, 2.45) is 0 Å². The van der Waals surface area contributed by atoms with E-state index in [0.29, 0.717) is 12.6 Å². The third kappa shape index (κ3) is 2.53. The average Bonchev–Trinajstić information content (AvgIpc) is 3.36. The first kappa shape index (κ1) is 15.0. The highest BCUT2D eigenvalue weighted by molar-refractivity contribution is 7.09. The van der Waals surface area contributed by atoms with Gasteiger partial charge in [-0.1, -0.05) is 6.07 Å². The van der Waals surface area contributed by atoms with Gasteiger partial charge in [-0.05, 0) is 35.7 Å². The van der Waals surface area contributed by atoms with Crippen LogP contribution in [0.2, 0.25) is 0 Å². The largest absolute Gasteiger partial charge is 0.468 e. The first-order valence-electron chi connectivity index (χ1n) is 8.54. The number of aromatic nitrogens is 1. The molecular formula is C19H19N3O2S. The smallest absolute Gasteiger partial charge is 0.271 e. The molecule has 0 bridgehead atoms. The summed E-state index contributed by atoms with van der Waals surface area (Å²) in [5, 5.41) is 2.07. The molecule has 1 amide bonds. The van der Waals surface area contributed by atoms with Gasteiger partial charge in [-0.2, -0.15) is 0 Å². The van der Waals surface area contributed by atoms with Crippen molar-refractivity contribution in [2.45, 2.75) is 25.2 Å². The van der Waals surface area contributed by atoms with Crippen LogP contribution in [-0.2, 0) is 13.1 Å². The van der Waals surface area contributed by atoms with Crippen LogP contribution in [0.25, 0.3) is 0 Å². The molecule has 5 nitrogen and oxygen atoms in total.